The van der Waals surface area contributed by atoms with E-state index in [0.717, 1.165) is 0 Å². The fourth-order valence-electron chi connectivity index (χ4n) is 4.33. The minimum absolute atomic E-state index is 0.0866. The number of benzene rings is 3. The quantitative estimate of drug-likeness (QED) is 0.247. The Morgan fingerprint density at radius 2 is 0.644 bits per heavy atom. The van der Waals surface area contributed by atoms with Gasteiger partial charge in [-0.15, -0.1) is 0 Å². The molecule has 0 atom stereocenters. The van der Waals surface area contributed by atoms with Crippen LogP contribution in [0.25, 0.3) is 0 Å². The number of nitrogens with zero attached hydrogens (tertiary/aromatic N) is 3. The van der Waals surface area contributed by atoms with Crippen molar-refractivity contribution in [3.8, 4) is 0 Å². The maximum atomic E-state index is 13.5. The van der Waals surface area contributed by atoms with E-state index >= 15 is 0 Å². The molecule has 0 amide bonds. The Hall–Kier alpha value is -4.20. The van der Waals surface area contributed by atoms with Gasteiger partial charge in [0.25, 0.3) is 0 Å². The van der Waals surface area contributed by atoms with Crippen LogP contribution >= 0.6 is 0 Å². The zero-order valence-electron chi connectivity index (χ0n) is 23.3. The summed E-state index contributed by atoms with van der Waals surface area (Å²) in [6.45, 7) is -2.20. The first-order chi connectivity index (χ1) is 21.0. The van der Waals surface area contributed by atoms with Gasteiger partial charge in [-0.1, -0.05) is 36.4 Å². The molecule has 18 heteroatoms. The van der Waals surface area contributed by atoms with Gasteiger partial charge in [-0.3, -0.25) is 0 Å². The molecule has 1 aliphatic heterocycles. The molecule has 0 aliphatic carbocycles. The number of rotatable bonds is 12. The van der Waals surface area contributed by atoms with Crippen molar-refractivity contribution in [1.82, 2.24) is 12.9 Å². The highest BCUT2D eigenvalue weighted by Crippen LogP contribution is 2.24. The molecule has 4 rings (SSSR count). The molecular formula is C27H27N3O12S3. The summed E-state index contributed by atoms with van der Waals surface area (Å²) in [6, 6.07) is 14.8. The first-order valence-corrected chi connectivity index (χ1v) is 17.7. The highest BCUT2D eigenvalue weighted by atomic mass is 32.2. The van der Waals surface area contributed by atoms with Crippen molar-refractivity contribution in [2.75, 3.05) is 20.0 Å². The lowest BCUT2D eigenvalue weighted by atomic mass is 10.1. The van der Waals surface area contributed by atoms with E-state index in [4.69, 9.17) is 15.3 Å². The summed E-state index contributed by atoms with van der Waals surface area (Å²) in [7, 11) is -13.2. The fourth-order valence-corrected chi connectivity index (χ4v) is 8.83. The van der Waals surface area contributed by atoms with Gasteiger partial charge in [-0.05, 0) is 53.1 Å². The van der Waals surface area contributed by atoms with Gasteiger partial charge in [-0.2, -0.15) is 12.9 Å². The molecule has 1 saturated heterocycles. The van der Waals surface area contributed by atoms with Crippen LogP contribution in [0.3, 0.4) is 0 Å². The molecule has 3 aromatic rings. The van der Waals surface area contributed by atoms with Crippen LogP contribution in [0, 0.1) is 0 Å². The Balaban J connectivity index is 1.64. The summed E-state index contributed by atoms with van der Waals surface area (Å²) in [5, 5.41) is 27.3. The monoisotopic (exact) mass is 681 g/mol. The highest BCUT2D eigenvalue weighted by molar-refractivity contribution is 7.90. The Bertz CT molecular complexity index is 1700. The largest absolute Gasteiger partial charge is 0.478 e. The molecule has 45 heavy (non-hydrogen) atoms. The van der Waals surface area contributed by atoms with Crippen molar-refractivity contribution in [1.29, 1.82) is 0 Å². The molecule has 0 bridgehead atoms. The van der Waals surface area contributed by atoms with Crippen LogP contribution in [-0.4, -0.2) is 91.4 Å². The lowest BCUT2D eigenvalue weighted by Gasteiger charge is -2.40. The minimum atomic E-state index is -4.39. The second-order valence-electron chi connectivity index (χ2n) is 10.1. The lowest BCUT2D eigenvalue weighted by molar-refractivity contribution is 0.0686. The molecule has 0 spiro atoms. The molecule has 15 nitrogen and oxygen atoms in total. The molecule has 1 fully saturated rings. The molecule has 1 heterocycles. The van der Waals surface area contributed by atoms with Crippen molar-refractivity contribution in [3.63, 3.8) is 0 Å². The van der Waals surface area contributed by atoms with Gasteiger partial charge in [0.15, 0.2) is 0 Å². The topological polar surface area (TPSA) is 224 Å². The van der Waals surface area contributed by atoms with E-state index in [-0.39, 0.29) is 33.4 Å². The fraction of sp³-hybridized carbons (Fsp3) is 0.222. The highest BCUT2D eigenvalue weighted by Gasteiger charge is 2.41. The molecular weight excluding hydrogens is 655 g/mol. The van der Waals surface area contributed by atoms with Crippen molar-refractivity contribution < 1.29 is 55.0 Å². The second-order valence-corrected chi connectivity index (χ2v) is 16.0. The van der Waals surface area contributed by atoms with Crippen LogP contribution < -0.4 is 0 Å². The Morgan fingerprint density at radius 1 is 0.444 bits per heavy atom. The van der Waals surface area contributed by atoms with Gasteiger partial charge in [0.2, 0.25) is 30.1 Å². The average molecular weight is 682 g/mol. The van der Waals surface area contributed by atoms with Gasteiger partial charge in [0.05, 0.1) is 54.0 Å². The third-order valence-electron chi connectivity index (χ3n) is 6.78. The van der Waals surface area contributed by atoms with E-state index < -0.39 is 85.2 Å². The Kier molecular flexibility index (Phi) is 9.76. The summed E-state index contributed by atoms with van der Waals surface area (Å²) in [4.78, 5) is 33.5. The van der Waals surface area contributed by atoms with Crippen LogP contribution in [0.4, 0.5) is 0 Å². The number of carboxylic acids is 3. The third-order valence-corrected chi connectivity index (χ3v) is 11.9. The standard InChI is InChI=1S/C27H27N3O12S3/c31-25(32)22-7-1-19(2-8-22)13-43(37,38)28-16-29(44(39,40)14-20-3-9-23(10-4-20)26(33)34)18-30(17-28)45(41,42)15-21-5-11-24(12-6-21)27(35)36/h1-12H,13-18H2,(H,31,32)(H,33,34)(H,35,36). The maximum Gasteiger partial charge on any atom is 0.335 e. The minimum Gasteiger partial charge on any atom is -0.478 e. The van der Waals surface area contributed by atoms with Gasteiger partial charge < -0.3 is 15.3 Å². The zero-order valence-corrected chi connectivity index (χ0v) is 25.7. The van der Waals surface area contributed by atoms with Gasteiger partial charge in [0.1, 0.15) is 0 Å². The Morgan fingerprint density at radius 3 is 0.822 bits per heavy atom. The molecule has 3 N–H and O–H groups in total. The molecule has 0 aromatic heterocycles. The van der Waals surface area contributed by atoms with Crippen molar-refractivity contribution in [2.45, 2.75) is 17.3 Å². The summed E-state index contributed by atoms with van der Waals surface area (Å²) >= 11 is 0. The average Bonchev–Trinajstić information content (AvgIpc) is 2.97. The summed E-state index contributed by atoms with van der Waals surface area (Å²) in [6.07, 6.45) is 0. The molecule has 1 aliphatic rings. The van der Waals surface area contributed by atoms with Crippen LogP contribution in [0.1, 0.15) is 47.8 Å². The van der Waals surface area contributed by atoms with E-state index in [1.54, 1.807) is 0 Å². The van der Waals surface area contributed by atoms with E-state index in [1.165, 1.54) is 72.8 Å². The smallest absolute Gasteiger partial charge is 0.335 e. The van der Waals surface area contributed by atoms with Gasteiger partial charge in [0, 0.05) is 0 Å². The molecule has 0 unspecified atom stereocenters. The predicted molar refractivity (Wildman–Crippen MR) is 158 cm³/mol. The molecule has 3 aromatic carbocycles. The number of sulfonamides is 3. The normalized spacial score (nSPS) is 15.5. The van der Waals surface area contributed by atoms with Crippen LogP contribution in [-0.2, 0) is 47.3 Å². The van der Waals surface area contributed by atoms with Crippen LogP contribution in [0.5, 0.6) is 0 Å². The van der Waals surface area contributed by atoms with Crippen LogP contribution in [0.2, 0.25) is 0 Å². The van der Waals surface area contributed by atoms with E-state index in [9.17, 15) is 39.6 Å². The van der Waals surface area contributed by atoms with Crippen molar-refractivity contribution in [3.05, 3.63) is 106 Å². The summed E-state index contributed by atoms with van der Waals surface area (Å²) in [5.41, 5.74) is 0.258. The number of hydrogen-bond acceptors (Lipinski definition) is 9. The molecule has 240 valence electrons. The number of hydrogen-bond donors (Lipinski definition) is 3. The number of carboxylic acid groups (broad SMARTS) is 3. The van der Waals surface area contributed by atoms with Gasteiger partial charge >= 0.3 is 17.9 Å². The lowest BCUT2D eigenvalue weighted by Crippen LogP contribution is -2.59. The van der Waals surface area contributed by atoms with E-state index in [2.05, 4.69) is 0 Å². The Labute approximate surface area is 258 Å². The number of aromatic carboxylic acids is 3. The summed E-state index contributed by atoms with van der Waals surface area (Å²) < 4.78 is 83.0. The van der Waals surface area contributed by atoms with Crippen molar-refractivity contribution in [2.24, 2.45) is 0 Å². The molecule has 0 radical (unpaired) electrons. The van der Waals surface area contributed by atoms with E-state index in [1.807, 2.05) is 0 Å². The van der Waals surface area contributed by atoms with E-state index in [0.29, 0.717) is 12.9 Å². The molecule has 0 saturated carbocycles. The van der Waals surface area contributed by atoms with Crippen LogP contribution in [0.15, 0.2) is 72.8 Å². The van der Waals surface area contributed by atoms with Crippen molar-refractivity contribution >= 4 is 48.0 Å². The summed E-state index contributed by atoms with van der Waals surface area (Å²) in [5.74, 6) is -5.75. The second kappa shape index (κ2) is 13.0. The third kappa shape index (κ3) is 8.29. The predicted octanol–water partition coefficient (Wildman–Crippen LogP) is 1.46. The SMILES string of the molecule is O=C(O)c1ccc(CS(=O)(=O)N2CN(S(=O)(=O)Cc3ccc(C(=O)O)cc3)CN(S(=O)(=O)Cc3ccc(C(=O)O)cc3)C2)cc1. The maximum absolute atomic E-state index is 13.5. The first-order valence-electron chi connectivity index (χ1n) is 12.9. The zero-order chi connectivity index (χ0) is 33.2. The van der Waals surface area contributed by atoms with Gasteiger partial charge in [-0.25, -0.2) is 39.6 Å². The first kappa shape index (κ1) is 33.7. The number of carbonyl (C=O) groups is 3.